The number of carbonyl (C=O) groups is 1. The summed E-state index contributed by atoms with van der Waals surface area (Å²) in [6.07, 6.45) is 2.34. The van der Waals surface area contributed by atoms with E-state index < -0.39 is 18.7 Å². The molecule has 0 aliphatic carbocycles. The number of halogens is 2. The van der Waals surface area contributed by atoms with Crippen molar-refractivity contribution in [3.63, 3.8) is 0 Å². The smallest absolute Gasteiger partial charge is 0.387 e. The van der Waals surface area contributed by atoms with Crippen molar-refractivity contribution in [2.45, 2.75) is 44.8 Å². The highest BCUT2D eigenvalue weighted by molar-refractivity contribution is 5.70. The fourth-order valence-corrected chi connectivity index (χ4v) is 3.97. The number of alkyl halides is 2. The Hall–Kier alpha value is -3.25. The Balaban J connectivity index is 1.71. The molecule has 0 heterocycles. The van der Waals surface area contributed by atoms with E-state index in [-0.39, 0.29) is 18.1 Å². The van der Waals surface area contributed by atoms with Crippen LogP contribution in [0.5, 0.6) is 5.75 Å². The first-order valence-electron chi connectivity index (χ1n) is 11.0. The molecule has 3 aromatic carbocycles. The first kappa shape index (κ1) is 24.4. The number of hydrogen-bond donors (Lipinski definition) is 2. The molecule has 6 heteroatoms. The van der Waals surface area contributed by atoms with E-state index in [1.54, 1.807) is 24.3 Å². The molecule has 0 bridgehead atoms. The van der Waals surface area contributed by atoms with Crippen molar-refractivity contribution in [1.82, 2.24) is 0 Å². The zero-order valence-electron chi connectivity index (χ0n) is 18.2. The third-order valence-corrected chi connectivity index (χ3v) is 5.65. The van der Waals surface area contributed by atoms with Crippen LogP contribution in [0.2, 0.25) is 0 Å². The van der Waals surface area contributed by atoms with E-state index in [0.717, 1.165) is 30.4 Å². The van der Waals surface area contributed by atoms with Gasteiger partial charge in [-0.2, -0.15) is 8.78 Å². The summed E-state index contributed by atoms with van der Waals surface area (Å²) in [5.74, 6) is -0.923. The van der Waals surface area contributed by atoms with Crippen LogP contribution in [0.15, 0.2) is 78.9 Å². The van der Waals surface area contributed by atoms with Crippen molar-refractivity contribution < 1.29 is 28.5 Å². The maximum absolute atomic E-state index is 12.4. The van der Waals surface area contributed by atoms with Gasteiger partial charge in [0.2, 0.25) is 0 Å². The SMILES string of the molecule is O=C(O)Cc1ccc(C[C@@H](CCCc2ccccc2)C(O)c2ccc(OC(F)F)cc2)cc1. The maximum atomic E-state index is 12.4. The summed E-state index contributed by atoms with van der Waals surface area (Å²) in [6.45, 7) is -2.89. The Morgan fingerprint density at radius 3 is 2.09 bits per heavy atom. The van der Waals surface area contributed by atoms with E-state index >= 15 is 0 Å². The lowest BCUT2D eigenvalue weighted by atomic mass is 9.85. The normalized spacial score (nSPS) is 13.0. The van der Waals surface area contributed by atoms with E-state index in [0.29, 0.717) is 12.0 Å². The third-order valence-electron chi connectivity index (χ3n) is 5.65. The van der Waals surface area contributed by atoms with Gasteiger partial charge in [0.1, 0.15) is 5.75 Å². The number of aliphatic carboxylic acids is 1. The Morgan fingerprint density at radius 2 is 1.48 bits per heavy atom. The molecule has 2 atom stereocenters. The monoisotopic (exact) mass is 454 g/mol. The van der Waals surface area contributed by atoms with Crippen molar-refractivity contribution in [3.05, 3.63) is 101 Å². The summed E-state index contributed by atoms with van der Waals surface area (Å²) in [6, 6.07) is 23.6. The minimum absolute atomic E-state index is 0.0313. The molecular formula is C27H28F2O4. The number of benzene rings is 3. The molecule has 0 saturated carbocycles. The molecule has 33 heavy (non-hydrogen) atoms. The largest absolute Gasteiger partial charge is 0.481 e. The van der Waals surface area contributed by atoms with Gasteiger partial charge in [-0.25, -0.2) is 0 Å². The predicted octanol–water partition coefficient (Wildman–Crippen LogP) is 5.83. The molecule has 0 aromatic heterocycles. The Kier molecular flexibility index (Phi) is 8.95. The molecule has 0 saturated heterocycles. The second-order valence-electron chi connectivity index (χ2n) is 8.12. The van der Waals surface area contributed by atoms with Gasteiger partial charge < -0.3 is 14.9 Å². The minimum atomic E-state index is -2.89. The summed E-state index contributed by atoms with van der Waals surface area (Å²) in [4.78, 5) is 10.9. The van der Waals surface area contributed by atoms with E-state index in [2.05, 4.69) is 16.9 Å². The van der Waals surface area contributed by atoms with Gasteiger partial charge in [-0.3, -0.25) is 4.79 Å². The van der Waals surface area contributed by atoms with Gasteiger partial charge in [0.25, 0.3) is 0 Å². The molecule has 2 N–H and O–H groups in total. The molecule has 3 rings (SSSR count). The molecule has 3 aromatic rings. The number of carboxylic acids is 1. The van der Waals surface area contributed by atoms with Crippen LogP contribution in [0, 0.1) is 5.92 Å². The zero-order chi connectivity index (χ0) is 23.6. The highest BCUT2D eigenvalue weighted by Gasteiger charge is 2.22. The van der Waals surface area contributed by atoms with Crippen LogP contribution >= 0.6 is 0 Å². The van der Waals surface area contributed by atoms with Gasteiger partial charge in [-0.05, 0) is 66.0 Å². The van der Waals surface area contributed by atoms with E-state index in [4.69, 9.17) is 5.11 Å². The Morgan fingerprint density at radius 1 is 0.848 bits per heavy atom. The third kappa shape index (κ3) is 7.99. The second kappa shape index (κ2) is 12.1. The maximum Gasteiger partial charge on any atom is 0.387 e. The second-order valence-corrected chi connectivity index (χ2v) is 8.12. The first-order valence-corrected chi connectivity index (χ1v) is 11.0. The average molecular weight is 455 g/mol. The number of aryl methyl sites for hydroxylation is 1. The van der Waals surface area contributed by atoms with Gasteiger partial charge in [0.15, 0.2) is 0 Å². The van der Waals surface area contributed by atoms with Gasteiger partial charge in [0, 0.05) is 0 Å². The van der Waals surface area contributed by atoms with Crippen molar-refractivity contribution in [2.75, 3.05) is 0 Å². The first-order chi connectivity index (χ1) is 15.9. The van der Waals surface area contributed by atoms with E-state index in [1.807, 2.05) is 30.3 Å². The molecular weight excluding hydrogens is 426 g/mol. The molecule has 0 amide bonds. The van der Waals surface area contributed by atoms with Gasteiger partial charge in [0.05, 0.1) is 12.5 Å². The van der Waals surface area contributed by atoms with Crippen molar-refractivity contribution in [1.29, 1.82) is 0 Å². The van der Waals surface area contributed by atoms with Gasteiger partial charge in [-0.1, -0.05) is 66.7 Å². The standard InChI is InChI=1S/C27H28F2O4/c28-27(29)33-24-15-13-22(14-16-24)26(32)23(8-4-7-19-5-2-1-3-6-19)17-20-9-11-21(12-10-20)18-25(30)31/h1-3,5-6,9-16,23,26-27,32H,4,7-8,17-18H2,(H,30,31)/t23-,26?/m1/s1. The quantitative estimate of drug-likeness (QED) is 0.361. The molecule has 174 valence electrons. The molecule has 4 nitrogen and oxygen atoms in total. The van der Waals surface area contributed by atoms with Crippen LogP contribution in [0.4, 0.5) is 8.78 Å². The number of hydrogen-bond acceptors (Lipinski definition) is 3. The van der Waals surface area contributed by atoms with Crippen LogP contribution < -0.4 is 4.74 Å². The van der Waals surface area contributed by atoms with Crippen molar-refractivity contribution in [3.8, 4) is 5.75 Å². The Bertz CT molecular complexity index is 989. The van der Waals surface area contributed by atoms with Crippen LogP contribution in [-0.2, 0) is 24.1 Å². The zero-order valence-corrected chi connectivity index (χ0v) is 18.2. The van der Waals surface area contributed by atoms with Gasteiger partial charge >= 0.3 is 12.6 Å². The summed E-state index contributed by atoms with van der Waals surface area (Å²) in [5.41, 5.74) is 3.61. The topological polar surface area (TPSA) is 66.8 Å². The summed E-state index contributed by atoms with van der Waals surface area (Å²) < 4.78 is 29.2. The lowest BCUT2D eigenvalue weighted by molar-refractivity contribution is -0.136. The molecule has 0 radical (unpaired) electrons. The number of ether oxygens (including phenoxy) is 1. The molecule has 0 aliphatic heterocycles. The van der Waals surface area contributed by atoms with E-state index in [1.165, 1.54) is 17.7 Å². The van der Waals surface area contributed by atoms with Crippen molar-refractivity contribution in [2.24, 2.45) is 5.92 Å². The average Bonchev–Trinajstić information content (AvgIpc) is 2.79. The fourth-order valence-electron chi connectivity index (χ4n) is 3.97. The fraction of sp³-hybridized carbons (Fsp3) is 0.296. The van der Waals surface area contributed by atoms with Crippen LogP contribution in [0.1, 0.15) is 41.2 Å². The Labute approximate surface area is 192 Å². The summed E-state index contributed by atoms with van der Waals surface area (Å²) >= 11 is 0. The highest BCUT2D eigenvalue weighted by atomic mass is 19.3. The number of aliphatic hydroxyl groups excluding tert-OH is 1. The highest BCUT2D eigenvalue weighted by Crippen LogP contribution is 2.31. The van der Waals surface area contributed by atoms with Crippen LogP contribution in [0.25, 0.3) is 0 Å². The van der Waals surface area contributed by atoms with Crippen LogP contribution in [0.3, 0.4) is 0 Å². The lowest BCUT2D eigenvalue weighted by Crippen LogP contribution is -2.16. The van der Waals surface area contributed by atoms with Crippen LogP contribution in [-0.4, -0.2) is 22.8 Å². The van der Waals surface area contributed by atoms with Crippen molar-refractivity contribution >= 4 is 5.97 Å². The number of aliphatic hydroxyl groups is 1. The predicted molar refractivity (Wildman–Crippen MR) is 122 cm³/mol. The molecule has 1 unspecified atom stereocenters. The summed E-state index contributed by atoms with van der Waals surface area (Å²) in [5, 5.41) is 20.1. The molecule has 0 fully saturated rings. The van der Waals surface area contributed by atoms with E-state index in [9.17, 15) is 18.7 Å². The summed E-state index contributed by atoms with van der Waals surface area (Å²) in [7, 11) is 0. The van der Waals surface area contributed by atoms with Gasteiger partial charge in [-0.15, -0.1) is 0 Å². The molecule has 0 aliphatic rings. The molecule has 0 spiro atoms. The lowest BCUT2D eigenvalue weighted by Gasteiger charge is -2.24. The minimum Gasteiger partial charge on any atom is -0.481 e. The number of carboxylic acid groups (broad SMARTS) is 1. The number of rotatable bonds is 12.